The number of anilines is 2. The van der Waals surface area contributed by atoms with Crippen LogP contribution >= 0.6 is 0 Å². The van der Waals surface area contributed by atoms with Crippen LogP contribution in [-0.2, 0) is 4.79 Å². The highest BCUT2D eigenvalue weighted by atomic mass is 16.2. The highest BCUT2D eigenvalue weighted by Crippen LogP contribution is 2.20. The van der Waals surface area contributed by atoms with Crippen molar-refractivity contribution in [2.75, 3.05) is 43.8 Å². The number of nitrogens with two attached hydrogens (primary N) is 1. The molecule has 1 amide bonds. The van der Waals surface area contributed by atoms with Gasteiger partial charge in [0.15, 0.2) is 0 Å². The fourth-order valence-electron chi connectivity index (χ4n) is 3.38. The number of hydrogen-bond acceptors (Lipinski definition) is 4. The van der Waals surface area contributed by atoms with Crippen molar-refractivity contribution in [3.05, 3.63) is 24.3 Å². The van der Waals surface area contributed by atoms with Crippen molar-refractivity contribution in [2.45, 2.75) is 25.3 Å². The smallest absolute Gasteiger partial charge is 0.238 e. The molecule has 1 aromatic rings. The highest BCUT2D eigenvalue weighted by molar-refractivity contribution is 5.92. The van der Waals surface area contributed by atoms with E-state index in [2.05, 4.69) is 15.1 Å². The van der Waals surface area contributed by atoms with Crippen LogP contribution in [0.15, 0.2) is 24.3 Å². The van der Waals surface area contributed by atoms with Crippen LogP contribution in [0.2, 0.25) is 0 Å². The minimum absolute atomic E-state index is 0.0441. The Kier molecular flexibility index (Phi) is 4.41. The average Bonchev–Trinajstić information content (AvgIpc) is 3.08. The van der Waals surface area contributed by atoms with E-state index in [0.29, 0.717) is 18.3 Å². The minimum atomic E-state index is 0.0441. The number of nitrogen functional groups attached to an aromatic ring is 1. The summed E-state index contributed by atoms with van der Waals surface area (Å²) in [5, 5.41) is 2.92. The summed E-state index contributed by atoms with van der Waals surface area (Å²) >= 11 is 0. The van der Waals surface area contributed by atoms with Crippen LogP contribution in [0, 0.1) is 0 Å². The maximum Gasteiger partial charge on any atom is 0.238 e. The summed E-state index contributed by atoms with van der Waals surface area (Å²) in [6.45, 7) is 4.97. The molecule has 2 saturated heterocycles. The zero-order valence-corrected chi connectivity index (χ0v) is 12.4. The SMILES string of the molecule is Nc1cccc(NC(=O)CN2CCC(N3CCCC3)C2)c1. The average molecular weight is 288 g/mol. The first-order valence-electron chi connectivity index (χ1n) is 7.82. The van der Waals surface area contributed by atoms with Gasteiger partial charge in [-0.25, -0.2) is 0 Å². The van der Waals surface area contributed by atoms with Crippen molar-refractivity contribution in [3.63, 3.8) is 0 Å². The molecule has 114 valence electrons. The van der Waals surface area contributed by atoms with Crippen molar-refractivity contribution >= 4 is 17.3 Å². The van der Waals surface area contributed by atoms with Gasteiger partial charge in [-0.05, 0) is 50.6 Å². The molecular formula is C16H24N4O. The van der Waals surface area contributed by atoms with E-state index in [9.17, 15) is 4.79 Å². The number of likely N-dealkylation sites (tertiary alicyclic amines) is 2. The van der Waals surface area contributed by atoms with E-state index in [1.165, 1.54) is 32.4 Å². The Morgan fingerprint density at radius 2 is 2.10 bits per heavy atom. The molecule has 3 N–H and O–H groups in total. The van der Waals surface area contributed by atoms with Gasteiger partial charge >= 0.3 is 0 Å². The molecule has 5 heteroatoms. The zero-order valence-electron chi connectivity index (χ0n) is 12.4. The highest BCUT2D eigenvalue weighted by Gasteiger charge is 2.29. The van der Waals surface area contributed by atoms with Crippen LogP contribution in [0.5, 0.6) is 0 Å². The van der Waals surface area contributed by atoms with Crippen LogP contribution in [0.1, 0.15) is 19.3 Å². The molecule has 0 radical (unpaired) electrons. The normalized spacial score (nSPS) is 23.5. The molecule has 2 heterocycles. The fourth-order valence-corrected chi connectivity index (χ4v) is 3.38. The summed E-state index contributed by atoms with van der Waals surface area (Å²) in [4.78, 5) is 16.9. The standard InChI is InChI=1S/C16H24N4O/c17-13-4-3-5-14(10-13)18-16(21)12-19-9-6-15(11-19)20-7-1-2-8-20/h3-5,10,15H,1-2,6-9,11-12,17H2,(H,18,21). The molecule has 3 rings (SSSR count). The first-order chi connectivity index (χ1) is 10.2. The number of carbonyl (C=O) groups excluding carboxylic acids is 1. The lowest BCUT2D eigenvalue weighted by molar-refractivity contribution is -0.117. The van der Waals surface area contributed by atoms with Gasteiger partial charge in [-0.1, -0.05) is 6.07 Å². The largest absolute Gasteiger partial charge is 0.399 e. The Hall–Kier alpha value is -1.59. The van der Waals surface area contributed by atoms with Crippen LogP contribution in [0.4, 0.5) is 11.4 Å². The Balaban J connectivity index is 1.47. The van der Waals surface area contributed by atoms with Gasteiger partial charge in [-0.15, -0.1) is 0 Å². The summed E-state index contributed by atoms with van der Waals surface area (Å²) < 4.78 is 0. The van der Waals surface area contributed by atoms with Gasteiger partial charge < -0.3 is 11.1 Å². The Morgan fingerprint density at radius 3 is 2.86 bits per heavy atom. The molecule has 1 aromatic carbocycles. The second kappa shape index (κ2) is 6.45. The number of benzene rings is 1. The number of carbonyl (C=O) groups is 1. The predicted molar refractivity (Wildman–Crippen MR) is 85.1 cm³/mol. The van der Waals surface area contributed by atoms with Crippen LogP contribution in [0.25, 0.3) is 0 Å². The first-order valence-corrected chi connectivity index (χ1v) is 7.82. The molecule has 1 atom stereocenters. The van der Waals surface area contributed by atoms with Crippen molar-refractivity contribution in [3.8, 4) is 0 Å². The van der Waals surface area contributed by atoms with Gasteiger partial charge in [0.05, 0.1) is 6.54 Å². The van der Waals surface area contributed by atoms with E-state index < -0.39 is 0 Å². The van der Waals surface area contributed by atoms with Crippen LogP contribution < -0.4 is 11.1 Å². The van der Waals surface area contributed by atoms with Crippen LogP contribution in [0.3, 0.4) is 0 Å². The van der Waals surface area contributed by atoms with Crippen molar-refractivity contribution < 1.29 is 4.79 Å². The van der Waals surface area contributed by atoms with Gasteiger partial charge in [0.1, 0.15) is 0 Å². The van der Waals surface area contributed by atoms with Crippen molar-refractivity contribution in [1.82, 2.24) is 9.80 Å². The number of nitrogens with zero attached hydrogens (tertiary/aromatic N) is 2. The summed E-state index contributed by atoms with van der Waals surface area (Å²) in [7, 11) is 0. The Bertz CT molecular complexity index is 499. The molecule has 1 unspecified atom stereocenters. The van der Waals surface area contributed by atoms with Gasteiger partial charge in [-0.3, -0.25) is 14.6 Å². The Labute approximate surface area is 126 Å². The maximum absolute atomic E-state index is 12.1. The lowest BCUT2D eigenvalue weighted by Crippen LogP contribution is -2.37. The van der Waals surface area contributed by atoms with Gasteiger partial charge in [0.25, 0.3) is 0 Å². The van der Waals surface area contributed by atoms with E-state index in [1.54, 1.807) is 6.07 Å². The molecule has 2 fully saturated rings. The summed E-state index contributed by atoms with van der Waals surface area (Å²) in [6.07, 6.45) is 3.84. The molecule has 2 aliphatic heterocycles. The van der Waals surface area contributed by atoms with Gasteiger partial charge in [0, 0.05) is 30.5 Å². The maximum atomic E-state index is 12.1. The van der Waals surface area contributed by atoms with E-state index in [0.717, 1.165) is 18.8 Å². The van der Waals surface area contributed by atoms with Crippen molar-refractivity contribution in [2.24, 2.45) is 0 Å². The second-order valence-corrected chi connectivity index (χ2v) is 6.09. The van der Waals surface area contributed by atoms with E-state index in [4.69, 9.17) is 5.73 Å². The topological polar surface area (TPSA) is 61.6 Å². The molecule has 0 saturated carbocycles. The Morgan fingerprint density at radius 1 is 1.29 bits per heavy atom. The predicted octanol–water partition coefficient (Wildman–Crippen LogP) is 1.38. The lowest BCUT2D eigenvalue weighted by Gasteiger charge is -2.23. The molecule has 0 aromatic heterocycles. The molecule has 0 spiro atoms. The van der Waals surface area contributed by atoms with Gasteiger partial charge in [0.2, 0.25) is 5.91 Å². The first kappa shape index (κ1) is 14.4. The number of rotatable bonds is 4. The fraction of sp³-hybridized carbons (Fsp3) is 0.562. The molecule has 5 nitrogen and oxygen atoms in total. The third-order valence-electron chi connectivity index (χ3n) is 4.44. The number of nitrogens with one attached hydrogen (secondary N) is 1. The van der Waals surface area contributed by atoms with Crippen LogP contribution in [-0.4, -0.2) is 54.5 Å². The molecule has 2 aliphatic rings. The lowest BCUT2D eigenvalue weighted by atomic mass is 10.2. The second-order valence-electron chi connectivity index (χ2n) is 6.09. The number of hydrogen-bond donors (Lipinski definition) is 2. The molecule has 0 bridgehead atoms. The summed E-state index contributed by atoms with van der Waals surface area (Å²) in [5.41, 5.74) is 7.16. The zero-order chi connectivity index (χ0) is 14.7. The molecular weight excluding hydrogens is 264 g/mol. The van der Waals surface area contributed by atoms with E-state index in [-0.39, 0.29) is 5.91 Å². The molecule has 21 heavy (non-hydrogen) atoms. The van der Waals surface area contributed by atoms with E-state index in [1.807, 2.05) is 18.2 Å². The quantitative estimate of drug-likeness (QED) is 0.822. The van der Waals surface area contributed by atoms with Crippen molar-refractivity contribution in [1.29, 1.82) is 0 Å². The third-order valence-corrected chi connectivity index (χ3v) is 4.44. The molecule has 0 aliphatic carbocycles. The third kappa shape index (κ3) is 3.74. The minimum Gasteiger partial charge on any atom is -0.399 e. The monoisotopic (exact) mass is 288 g/mol. The summed E-state index contributed by atoms with van der Waals surface area (Å²) in [5.74, 6) is 0.0441. The number of amides is 1. The van der Waals surface area contributed by atoms with Gasteiger partial charge in [-0.2, -0.15) is 0 Å². The van der Waals surface area contributed by atoms with E-state index >= 15 is 0 Å². The summed E-state index contributed by atoms with van der Waals surface area (Å²) in [6, 6.07) is 7.97.